The van der Waals surface area contributed by atoms with E-state index in [1.807, 2.05) is 38.1 Å². The van der Waals surface area contributed by atoms with Crippen LogP contribution >= 0.6 is 11.3 Å². The molecule has 0 N–H and O–H groups in total. The topological polar surface area (TPSA) is 82.4 Å². The van der Waals surface area contributed by atoms with Gasteiger partial charge in [0.1, 0.15) is 5.75 Å². The second kappa shape index (κ2) is 11.9. The highest BCUT2D eigenvalue weighted by Gasteiger charge is 2.27. The summed E-state index contributed by atoms with van der Waals surface area (Å²) in [6.07, 6.45) is 1.59. The Hall–Kier alpha value is -2.81. The number of ether oxygens (including phenoxy) is 3. The van der Waals surface area contributed by atoms with Gasteiger partial charge in [0.25, 0.3) is 0 Å². The van der Waals surface area contributed by atoms with Crippen molar-refractivity contribution in [3.05, 3.63) is 34.4 Å². The molecule has 33 heavy (non-hydrogen) atoms. The second-order valence-corrected chi connectivity index (χ2v) is 8.74. The average molecular weight is 476 g/mol. The van der Waals surface area contributed by atoms with E-state index in [0.717, 1.165) is 34.6 Å². The lowest BCUT2D eigenvalue weighted by atomic mass is 10.0. The number of likely N-dealkylation sites (tertiary alicyclic amines) is 1. The molecule has 180 valence electrons. The van der Waals surface area contributed by atoms with Gasteiger partial charge in [-0.15, -0.1) is 11.3 Å². The Morgan fingerprint density at radius 1 is 1.12 bits per heavy atom. The molecule has 1 aliphatic rings. The summed E-state index contributed by atoms with van der Waals surface area (Å²) < 4.78 is 17.8. The first-order valence-electron chi connectivity index (χ1n) is 11.4. The Morgan fingerprint density at radius 2 is 1.79 bits per heavy atom. The molecule has 1 amide bonds. The van der Waals surface area contributed by atoms with E-state index in [0.29, 0.717) is 26.3 Å². The minimum absolute atomic E-state index is 0.188. The minimum Gasteiger partial charge on any atom is -0.497 e. The summed E-state index contributed by atoms with van der Waals surface area (Å²) in [5.74, 6) is 0.561. The summed E-state index contributed by atoms with van der Waals surface area (Å²) in [6.45, 7) is 7.55. The maximum atomic E-state index is 12.1. The number of esters is 1. The Kier molecular flexibility index (Phi) is 8.94. The van der Waals surface area contributed by atoms with E-state index in [2.05, 4.69) is 9.95 Å². The van der Waals surface area contributed by atoms with Crippen LogP contribution < -0.4 is 9.54 Å². The molecule has 1 atom stereocenters. The monoisotopic (exact) mass is 475 g/mol. The van der Waals surface area contributed by atoms with E-state index < -0.39 is 0 Å². The van der Waals surface area contributed by atoms with Crippen LogP contribution in [0.5, 0.6) is 5.75 Å². The molecule has 2 aromatic rings. The first kappa shape index (κ1) is 24.8. The van der Waals surface area contributed by atoms with Crippen molar-refractivity contribution in [2.45, 2.75) is 52.1 Å². The van der Waals surface area contributed by atoms with Crippen LogP contribution in [0.2, 0.25) is 0 Å². The van der Waals surface area contributed by atoms with Gasteiger partial charge in [-0.3, -0.25) is 9.79 Å². The predicted octanol–water partition coefficient (Wildman–Crippen LogP) is 4.26. The molecular weight excluding hydrogens is 442 g/mol. The van der Waals surface area contributed by atoms with Gasteiger partial charge >= 0.3 is 12.1 Å². The van der Waals surface area contributed by atoms with E-state index in [-0.39, 0.29) is 30.6 Å². The van der Waals surface area contributed by atoms with Crippen LogP contribution in [0.1, 0.15) is 46.1 Å². The molecule has 1 saturated heterocycles. The molecule has 2 heterocycles. The number of aromatic nitrogens is 1. The lowest BCUT2D eigenvalue weighted by Crippen LogP contribution is -2.40. The van der Waals surface area contributed by atoms with Crippen LogP contribution in [0.4, 0.5) is 4.79 Å². The third-order valence-electron chi connectivity index (χ3n) is 5.58. The second-order valence-electron chi connectivity index (χ2n) is 7.91. The van der Waals surface area contributed by atoms with E-state index in [9.17, 15) is 9.59 Å². The molecule has 0 saturated carbocycles. The van der Waals surface area contributed by atoms with E-state index in [1.54, 1.807) is 30.3 Å². The lowest BCUT2D eigenvalue weighted by molar-refractivity contribution is -0.143. The number of benzene rings is 1. The van der Waals surface area contributed by atoms with Crippen LogP contribution in [-0.4, -0.2) is 61.0 Å². The highest BCUT2D eigenvalue weighted by Crippen LogP contribution is 2.30. The molecule has 1 aromatic carbocycles. The fourth-order valence-electron chi connectivity index (χ4n) is 3.96. The van der Waals surface area contributed by atoms with Gasteiger partial charge in [-0.1, -0.05) is 0 Å². The van der Waals surface area contributed by atoms with Crippen LogP contribution in [0.25, 0.3) is 11.3 Å². The van der Waals surface area contributed by atoms with Gasteiger partial charge in [-0.25, -0.2) is 4.79 Å². The summed E-state index contributed by atoms with van der Waals surface area (Å²) in [4.78, 5) is 31.6. The normalized spacial score (nSPS) is 15.9. The van der Waals surface area contributed by atoms with Crippen LogP contribution in [0.15, 0.2) is 34.6 Å². The number of piperidine rings is 1. The van der Waals surface area contributed by atoms with Crippen molar-refractivity contribution in [3.63, 3.8) is 0 Å². The Bertz CT molecular complexity index is 990. The number of rotatable bonds is 8. The number of methoxy groups -OCH3 is 1. The zero-order chi connectivity index (χ0) is 23.8. The van der Waals surface area contributed by atoms with Crippen LogP contribution in [0.3, 0.4) is 0 Å². The fourth-order valence-corrected chi connectivity index (χ4v) is 5.02. The summed E-state index contributed by atoms with van der Waals surface area (Å²) >= 11 is 1.57. The zero-order valence-corrected chi connectivity index (χ0v) is 20.6. The molecule has 8 nitrogen and oxygen atoms in total. The van der Waals surface area contributed by atoms with Gasteiger partial charge in [0.2, 0.25) is 0 Å². The summed E-state index contributed by atoms with van der Waals surface area (Å²) in [6, 6.07) is 7.96. The van der Waals surface area contributed by atoms with E-state index in [4.69, 9.17) is 19.2 Å². The Labute approximate surface area is 198 Å². The van der Waals surface area contributed by atoms with Gasteiger partial charge in [0, 0.05) is 24.5 Å². The molecule has 1 unspecified atom stereocenters. The number of hydrogen-bond donors (Lipinski definition) is 0. The number of nitrogens with zero attached hydrogens (tertiary/aromatic N) is 3. The largest absolute Gasteiger partial charge is 0.497 e. The average Bonchev–Trinajstić information content (AvgIpc) is 3.22. The molecular formula is C24H33N3O5S. The lowest BCUT2D eigenvalue weighted by Gasteiger charge is -2.32. The van der Waals surface area contributed by atoms with Gasteiger partial charge < -0.3 is 23.7 Å². The maximum absolute atomic E-state index is 12.1. The number of carbonyl (C=O) groups excluding carboxylic acids is 2. The Morgan fingerprint density at radius 3 is 2.39 bits per heavy atom. The highest BCUT2D eigenvalue weighted by atomic mass is 32.1. The number of hydrogen-bond acceptors (Lipinski definition) is 7. The van der Waals surface area contributed by atoms with Crippen molar-refractivity contribution in [1.29, 1.82) is 0 Å². The highest BCUT2D eigenvalue weighted by molar-refractivity contribution is 7.07. The zero-order valence-electron chi connectivity index (χ0n) is 19.8. The van der Waals surface area contributed by atoms with Gasteiger partial charge in [-0.2, -0.15) is 0 Å². The van der Waals surface area contributed by atoms with Crippen LogP contribution in [0, 0.1) is 0 Å². The quantitative estimate of drug-likeness (QED) is 0.533. The molecule has 9 heteroatoms. The van der Waals surface area contributed by atoms with E-state index >= 15 is 0 Å². The van der Waals surface area contributed by atoms with Crippen molar-refractivity contribution in [3.8, 4) is 17.0 Å². The van der Waals surface area contributed by atoms with Crippen molar-refractivity contribution >= 4 is 23.4 Å². The molecule has 3 rings (SSSR count). The summed E-state index contributed by atoms with van der Waals surface area (Å²) in [5.41, 5.74) is 2.14. The SMILES string of the molecule is CCOC(=O)CC(C)N=c1scc(-c2ccc(OC)cc2)n1C1CCN(C(=O)OCC)CC1. The fraction of sp³-hybridized carbons (Fsp3) is 0.542. The van der Waals surface area contributed by atoms with Crippen molar-refractivity contribution in [2.75, 3.05) is 33.4 Å². The standard InChI is InChI=1S/C24H33N3O5S/c1-5-31-22(28)15-17(3)25-23-27(19-11-13-26(14-12-19)24(29)32-6-2)21(16-33-23)18-7-9-20(30-4)10-8-18/h7-10,16-17,19H,5-6,11-15H2,1-4H3. The molecule has 0 bridgehead atoms. The maximum Gasteiger partial charge on any atom is 0.409 e. The number of thiazole rings is 1. The Balaban J connectivity index is 1.91. The molecule has 0 radical (unpaired) electrons. The van der Waals surface area contributed by atoms with Gasteiger partial charge in [0.15, 0.2) is 4.80 Å². The van der Waals surface area contributed by atoms with Crippen molar-refractivity contribution in [2.24, 2.45) is 4.99 Å². The number of amides is 1. The van der Waals surface area contributed by atoms with Crippen LogP contribution in [-0.2, 0) is 14.3 Å². The molecule has 1 aromatic heterocycles. The first-order chi connectivity index (χ1) is 16.0. The first-order valence-corrected chi connectivity index (χ1v) is 12.3. The summed E-state index contributed by atoms with van der Waals surface area (Å²) in [5, 5.41) is 2.11. The molecule has 0 spiro atoms. The minimum atomic E-state index is -0.255. The van der Waals surface area contributed by atoms with Crippen molar-refractivity contribution < 1.29 is 23.8 Å². The molecule has 0 aliphatic carbocycles. The smallest absolute Gasteiger partial charge is 0.409 e. The third kappa shape index (κ3) is 6.37. The molecule has 1 fully saturated rings. The number of carbonyl (C=O) groups is 2. The third-order valence-corrected chi connectivity index (χ3v) is 6.44. The van der Waals surface area contributed by atoms with Crippen molar-refractivity contribution in [1.82, 2.24) is 9.47 Å². The summed E-state index contributed by atoms with van der Waals surface area (Å²) in [7, 11) is 1.65. The predicted molar refractivity (Wildman–Crippen MR) is 127 cm³/mol. The van der Waals surface area contributed by atoms with E-state index in [1.165, 1.54) is 0 Å². The van der Waals surface area contributed by atoms with Gasteiger partial charge in [-0.05, 0) is 63.4 Å². The molecule has 1 aliphatic heterocycles. The van der Waals surface area contributed by atoms with Gasteiger partial charge in [0.05, 0.1) is 38.5 Å².